The van der Waals surface area contributed by atoms with E-state index < -0.39 is 0 Å². The highest BCUT2D eigenvalue weighted by Gasteiger charge is 2.17. The predicted octanol–water partition coefficient (Wildman–Crippen LogP) is 3.97. The lowest BCUT2D eigenvalue weighted by Crippen LogP contribution is -2.03. The van der Waals surface area contributed by atoms with Crippen molar-refractivity contribution in [1.82, 2.24) is 0 Å². The molecule has 0 aromatic carbocycles. The van der Waals surface area contributed by atoms with Crippen LogP contribution in [0.15, 0.2) is 15.0 Å². The van der Waals surface area contributed by atoms with Crippen LogP contribution in [0.2, 0.25) is 0 Å². The van der Waals surface area contributed by atoms with Crippen LogP contribution in [-0.4, -0.2) is 0 Å². The van der Waals surface area contributed by atoms with Crippen LogP contribution in [0.25, 0.3) is 0 Å². The van der Waals surface area contributed by atoms with Gasteiger partial charge >= 0.3 is 0 Å². The minimum atomic E-state index is -0.0330. The van der Waals surface area contributed by atoms with Gasteiger partial charge in [0.2, 0.25) is 0 Å². The van der Waals surface area contributed by atoms with Gasteiger partial charge in [0.25, 0.3) is 0 Å². The molecule has 1 aromatic heterocycles. The van der Waals surface area contributed by atoms with Crippen molar-refractivity contribution in [2.45, 2.75) is 45.6 Å². The number of hydrogen-bond donors (Lipinski definition) is 1. The van der Waals surface area contributed by atoms with E-state index in [1.807, 2.05) is 13.0 Å². The summed E-state index contributed by atoms with van der Waals surface area (Å²) in [6, 6.07) is 1.95. The van der Waals surface area contributed by atoms with Gasteiger partial charge < -0.3 is 10.2 Å². The van der Waals surface area contributed by atoms with E-state index in [1.54, 1.807) is 0 Å². The summed E-state index contributed by atoms with van der Waals surface area (Å²) in [5.74, 6) is 2.40. The summed E-state index contributed by atoms with van der Waals surface area (Å²) >= 11 is 3.52. The lowest BCUT2D eigenvalue weighted by atomic mass is 10.0. The highest BCUT2D eigenvalue weighted by molar-refractivity contribution is 9.10. The number of nitrogens with two attached hydrogens (primary N) is 1. The molecule has 2 nitrogen and oxygen atoms in total. The van der Waals surface area contributed by atoms with Gasteiger partial charge in [-0.1, -0.05) is 13.8 Å². The zero-order valence-electron chi connectivity index (χ0n) is 9.01. The van der Waals surface area contributed by atoms with Crippen LogP contribution in [0, 0.1) is 0 Å². The van der Waals surface area contributed by atoms with Crippen molar-refractivity contribution < 1.29 is 4.42 Å². The largest absolute Gasteiger partial charge is 0.463 e. The Hall–Kier alpha value is -0.280. The minimum Gasteiger partial charge on any atom is -0.463 e. The Morgan fingerprint density at radius 1 is 1.43 bits per heavy atom. The van der Waals surface area contributed by atoms with Crippen molar-refractivity contribution in [3.63, 3.8) is 0 Å². The molecule has 0 amide bonds. The zero-order valence-corrected chi connectivity index (χ0v) is 10.6. The number of furan rings is 1. The summed E-state index contributed by atoms with van der Waals surface area (Å²) in [4.78, 5) is 0. The van der Waals surface area contributed by atoms with Gasteiger partial charge in [0.1, 0.15) is 11.5 Å². The first-order chi connectivity index (χ1) is 6.60. The Kier molecular flexibility index (Phi) is 4.20. The molecule has 0 aliphatic rings. The molecular weight excluding hydrogens is 242 g/mol. The van der Waals surface area contributed by atoms with Crippen LogP contribution >= 0.6 is 15.9 Å². The molecule has 0 bridgehead atoms. The second-order valence-electron chi connectivity index (χ2n) is 3.66. The van der Waals surface area contributed by atoms with Gasteiger partial charge in [-0.05, 0) is 41.8 Å². The van der Waals surface area contributed by atoms with E-state index in [4.69, 9.17) is 10.2 Å². The lowest BCUT2D eigenvalue weighted by molar-refractivity contribution is 0.402. The predicted molar refractivity (Wildman–Crippen MR) is 62.3 cm³/mol. The molecule has 1 unspecified atom stereocenters. The summed E-state index contributed by atoms with van der Waals surface area (Å²) < 4.78 is 6.80. The number of halogens is 1. The molecule has 0 aliphatic carbocycles. The van der Waals surface area contributed by atoms with E-state index in [0.29, 0.717) is 5.92 Å². The highest BCUT2D eigenvalue weighted by atomic mass is 79.9. The first kappa shape index (κ1) is 11.8. The van der Waals surface area contributed by atoms with Crippen LogP contribution in [0.3, 0.4) is 0 Å². The molecule has 0 radical (unpaired) electrons. The van der Waals surface area contributed by atoms with E-state index in [9.17, 15) is 0 Å². The standard InChI is InChI=1S/C11H18BrNO/c1-4-8(5-2)11-9(12)6-10(14-11)7(3)13/h6-8H,4-5,13H2,1-3H3. The summed E-state index contributed by atoms with van der Waals surface area (Å²) in [5, 5.41) is 0. The highest BCUT2D eigenvalue weighted by Crippen LogP contribution is 2.33. The van der Waals surface area contributed by atoms with Crippen LogP contribution in [0.5, 0.6) is 0 Å². The molecule has 80 valence electrons. The third kappa shape index (κ3) is 2.39. The molecule has 1 heterocycles. The van der Waals surface area contributed by atoms with Crippen molar-refractivity contribution in [3.05, 3.63) is 22.1 Å². The van der Waals surface area contributed by atoms with Gasteiger partial charge in [-0.15, -0.1) is 0 Å². The van der Waals surface area contributed by atoms with E-state index in [2.05, 4.69) is 29.8 Å². The van der Waals surface area contributed by atoms with E-state index in [0.717, 1.165) is 28.8 Å². The fourth-order valence-electron chi connectivity index (χ4n) is 1.56. The van der Waals surface area contributed by atoms with E-state index >= 15 is 0 Å². The first-order valence-electron chi connectivity index (χ1n) is 5.14. The fraction of sp³-hybridized carbons (Fsp3) is 0.636. The minimum absolute atomic E-state index is 0.0330. The first-order valence-corrected chi connectivity index (χ1v) is 5.94. The average Bonchev–Trinajstić information content (AvgIpc) is 2.51. The molecule has 3 heteroatoms. The molecule has 0 spiro atoms. The third-order valence-corrected chi connectivity index (χ3v) is 3.16. The van der Waals surface area contributed by atoms with Gasteiger partial charge in [-0.25, -0.2) is 0 Å². The molecule has 2 N–H and O–H groups in total. The molecule has 0 saturated heterocycles. The van der Waals surface area contributed by atoms with Crippen molar-refractivity contribution in [1.29, 1.82) is 0 Å². The van der Waals surface area contributed by atoms with E-state index in [-0.39, 0.29) is 6.04 Å². The van der Waals surface area contributed by atoms with Crippen LogP contribution in [-0.2, 0) is 0 Å². The molecule has 0 fully saturated rings. The van der Waals surface area contributed by atoms with Gasteiger partial charge in [-0.3, -0.25) is 0 Å². The average molecular weight is 260 g/mol. The molecular formula is C11H18BrNO. The molecule has 0 saturated carbocycles. The van der Waals surface area contributed by atoms with Crippen molar-refractivity contribution in [2.24, 2.45) is 5.73 Å². The second-order valence-corrected chi connectivity index (χ2v) is 4.52. The summed E-state index contributed by atoms with van der Waals surface area (Å²) in [6.45, 7) is 6.28. The maximum atomic E-state index is 5.76. The maximum absolute atomic E-state index is 5.76. The third-order valence-electron chi connectivity index (χ3n) is 2.54. The molecule has 1 rings (SSSR count). The smallest absolute Gasteiger partial charge is 0.121 e. The number of hydrogen-bond acceptors (Lipinski definition) is 2. The van der Waals surface area contributed by atoms with Crippen LogP contribution in [0.1, 0.15) is 57.1 Å². The Morgan fingerprint density at radius 3 is 2.36 bits per heavy atom. The summed E-state index contributed by atoms with van der Waals surface area (Å²) in [5.41, 5.74) is 5.76. The fourth-order valence-corrected chi connectivity index (χ4v) is 2.19. The summed E-state index contributed by atoms with van der Waals surface area (Å²) in [7, 11) is 0. The molecule has 1 atom stereocenters. The van der Waals surface area contributed by atoms with Crippen molar-refractivity contribution in [3.8, 4) is 0 Å². The Morgan fingerprint density at radius 2 is 2.00 bits per heavy atom. The van der Waals surface area contributed by atoms with Crippen LogP contribution in [0.4, 0.5) is 0 Å². The Labute approximate surface area is 94.0 Å². The quantitative estimate of drug-likeness (QED) is 0.889. The van der Waals surface area contributed by atoms with Gasteiger partial charge in [0.05, 0.1) is 10.5 Å². The van der Waals surface area contributed by atoms with E-state index in [1.165, 1.54) is 0 Å². The second kappa shape index (κ2) is 4.99. The van der Waals surface area contributed by atoms with Crippen molar-refractivity contribution in [2.75, 3.05) is 0 Å². The SMILES string of the molecule is CCC(CC)c1oc(C(C)N)cc1Br. The molecule has 1 aromatic rings. The van der Waals surface area contributed by atoms with Gasteiger partial charge in [0, 0.05) is 5.92 Å². The topological polar surface area (TPSA) is 39.2 Å². The van der Waals surface area contributed by atoms with Crippen molar-refractivity contribution >= 4 is 15.9 Å². The molecule has 0 aliphatic heterocycles. The summed E-state index contributed by atoms with van der Waals surface area (Å²) in [6.07, 6.45) is 2.20. The number of rotatable bonds is 4. The maximum Gasteiger partial charge on any atom is 0.121 e. The van der Waals surface area contributed by atoms with Crippen LogP contribution < -0.4 is 5.73 Å². The normalized spacial score (nSPS) is 13.6. The Balaban J connectivity index is 2.96. The molecule has 14 heavy (non-hydrogen) atoms. The van der Waals surface area contributed by atoms with Gasteiger partial charge in [-0.2, -0.15) is 0 Å². The monoisotopic (exact) mass is 259 g/mol. The lowest BCUT2D eigenvalue weighted by Gasteiger charge is -2.09. The van der Waals surface area contributed by atoms with Gasteiger partial charge in [0.15, 0.2) is 0 Å². The zero-order chi connectivity index (χ0) is 10.7. The Bertz CT molecular complexity index is 289.